The quantitative estimate of drug-likeness (QED) is 0.678. The van der Waals surface area contributed by atoms with E-state index in [1.807, 2.05) is 0 Å². The van der Waals surface area contributed by atoms with Crippen molar-refractivity contribution in [3.05, 3.63) is 18.3 Å². The van der Waals surface area contributed by atoms with Crippen LogP contribution in [-0.4, -0.2) is 15.9 Å². The number of alkyl halides is 1. The molecule has 0 spiro atoms. The van der Waals surface area contributed by atoms with Crippen LogP contribution in [0.15, 0.2) is 18.3 Å². The summed E-state index contributed by atoms with van der Waals surface area (Å²) in [5.74, 6) is 0.818. The lowest BCUT2D eigenvalue weighted by Crippen LogP contribution is -2.32. The number of rotatable bonds is 0. The van der Waals surface area contributed by atoms with Crippen LogP contribution in [0.3, 0.4) is 0 Å². The van der Waals surface area contributed by atoms with Gasteiger partial charge in [-0.15, -0.1) is 0 Å². The van der Waals surface area contributed by atoms with E-state index in [-0.39, 0.29) is 5.91 Å². The Morgan fingerprint density at radius 2 is 2.50 bits per heavy atom. The van der Waals surface area contributed by atoms with Crippen LogP contribution in [0, 0.1) is 0 Å². The predicted molar refractivity (Wildman–Crippen MR) is 46.2 cm³/mol. The standard InChI is InChI=1S/C7H5BrN2O2/c8-5-7(11)10-6-4(12-5)2-1-3-9-6/h1-3,5H,(H,9,10,11). The highest BCUT2D eigenvalue weighted by Crippen LogP contribution is 2.27. The molecular weight excluding hydrogens is 224 g/mol. The van der Waals surface area contributed by atoms with Gasteiger partial charge in [-0.25, -0.2) is 4.98 Å². The summed E-state index contributed by atoms with van der Waals surface area (Å²) in [6, 6.07) is 3.49. The van der Waals surface area contributed by atoms with Crippen LogP contribution in [0.4, 0.5) is 5.82 Å². The highest BCUT2D eigenvalue weighted by atomic mass is 79.9. The molecule has 0 bridgehead atoms. The zero-order valence-electron chi connectivity index (χ0n) is 5.95. The van der Waals surface area contributed by atoms with Crippen molar-refractivity contribution in [3.63, 3.8) is 0 Å². The van der Waals surface area contributed by atoms with Crippen molar-refractivity contribution in [2.24, 2.45) is 0 Å². The van der Waals surface area contributed by atoms with Crippen molar-refractivity contribution in [1.82, 2.24) is 4.98 Å². The summed E-state index contributed by atoms with van der Waals surface area (Å²) in [5.41, 5.74) is 0. The molecule has 1 N–H and O–H groups in total. The summed E-state index contributed by atoms with van der Waals surface area (Å²) in [4.78, 5) is 15.0. The number of anilines is 1. The molecule has 2 heterocycles. The van der Waals surface area contributed by atoms with E-state index in [0.29, 0.717) is 11.6 Å². The van der Waals surface area contributed by atoms with Crippen LogP contribution < -0.4 is 10.1 Å². The first kappa shape index (κ1) is 7.54. The number of pyridine rings is 1. The maximum absolute atomic E-state index is 11.0. The second-order valence-corrected chi connectivity index (χ2v) is 3.10. The average molecular weight is 229 g/mol. The van der Waals surface area contributed by atoms with Gasteiger partial charge in [-0.2, -0.15) is 0 Å². The smallest absolute Gasteiger partial charge is 0.277 e. The van der Waals surface area contributed by atoms with Crippen molar-refractivity contribution >= 4 is 27.7 Å². The van der Waals surface area contributed by atoms with Crippen molar-refractivity contribution in [2.75, 3.05) is 5.32 Å². The third kappa shape index (κ3) is 1.16. The Bertz CT molecular complexity index is 329. The van der Waals surface area contributed by atoms with Gasteiger partial charge in [0.15, 0.2) is 11.6 Å². The minimum atomic E-state index is -0.616. The fourth-order valence-corrected chi connectivity index (χ4v) is 1.23. The predicted octanol–water partition coefficient (Wildman–Crippen LogP) is 1.13. The third-order valence-corrected chi connectivity index (χ3v) is 2.05. The largest absolute Gasteiger partial charge is 0.465 e. The van der Waals surface area contributed by atoms with Gasteiger partial charge in [0.05, 0.1) is 0 Å². The van der Waals surface area contributed by atoms with Gasteiger partial charge in [0.25, 0.3) is 5.91 Å². The number of hydrogen-bond donors (Lipinski definition) is 1. The summed E-state index contributed by atoms with van der Waals surface area (Å²) in [7, 11) is 0. The summed E-state index contributed by atoms with van der Waals surface area (Å²) in [6.45, 7) is 0. The number of nitrogens with one attached hydrogen (secondary N) is 1. The van der Waals surface area contributed by atoms with Gasteiger partial charge < -0.3 is 10.1 Å². The molecule has 4 nitrogen and oxygen atoms in total. The molecule has 1 unspecified atom stereocenters. The van der Waals surface area contributed by atoms with E-state index in [0.717, 1.165) is 0 Å². The van der Waals surface area contributed by atoms with E-state index < -0.39 is 5.01 Å². The Morgan fingerprint density at radius 3 is 3.33 bits per heavy atom. The van der Waals surface area contributed by atoms with Gasteiger partial charge >= 0.3 is 0 Å². The number of ether oxygens (including phenoxy) is 1. The third-order valence-electron chi connectivity index (χ3n) is 1.45. The second kappa shape index (κ2) is 2.75. The number of hydrogen-bond acceptors (Lipinski definition) is 3. The Kier molecular flexibility index (Phi) is 1.73. The van der Waals surface area contributed by atoms with Crippen molar-refractivity contribution in [1.29, 1.82) is 0 Å². The van der Waals surface area contributed by atoms with Crippen LogP contribution in [-0.2, 0) is 4.79 Å². The number of fused-ring (bicyclic) bond motifs is 1. The first-order valence-corrected chi connectivity index (χ1v) is 4.25. The molecular formula is C7H5BrN2O2. The van der Waals surface area contributed by atoms with Crippen LogP contribution in [0.1, 0.15) is 0 Å². The van der Waals surface area contributed by atoms with Crippen molar-refractivity contribution in [3.8, 4) is 5.75 Å². The maximum Gasteiger partial charge on any atom is 0.277 e. The topological polar surface area (TPSA) is 51.2 Å². The molecule has 62 valence electrons. The lowest BCUT2D eigenvalue weighted by molar-refractivity contribution is -0.119. The Morgan fingerprint density at radius 1 is 1.67 bits per heavy atom. The summed E-state index contributed by atoms with van der Waals surface area (Å²) in [5, 5.41) is 1.97. The zero-order valence-corrected chi connectivity index (χ0v) is 7.54. The van der Waals surface area contributed by atoms with Crippen LogP contribution in [0.25, 0.3) is 0 Å². The van der Waals surface area contributed by atoms with Crippen molar-refractivity contribution < 1.29 is 9.53 Å². The van der Waals surface area contributed by atoms with Crippen LogP contribution in [0.2, 0.25) is 0 Å². The molecule has 1 aromatic rings. The molecule has 12 heavy (non-hydrogen) atoms. The minimum Gasteiger partial charge on any atom is -0.465 e. The zero-order chi connectivity index (χ0) is 8.55. The molecule has 0 fully saturated rings. The van der Waals surface area contributed by atoms with Gasteiger partial charge in [0.1, 0.15) is 0 Å². The van der Waals surface area contributed by atoms with Gasteiger partial charge in [-0.1, -0.05) is 0 Å². The first-order chi connectivity index (χ1) is 5.77. The van der Waals surface area contributed by atoms with Crippen LogP contribution >= 0.6 is 15.9 Å². The van der Waals surface area contributed by atoms with Crippen molar-refractivity contribution in [2.45, 2.75) is 5.01 Å². The lowest BCUT2D eigenvalue weighted by atomic mass is 10.4. The molecule has 0 saturated carbocycles. The molecule has 1 aliphatic rings. The highest BCUT2D eigenvalue weighted by Gasteiger charge is 2.24. The van der Waals surface area contributed by atoms with E-state index in [2.05, 4.69) is 26.2 Å². The fraction of sp³-hybridized carbons (Fsp3) is 0.143. The number of nitrogens with zero attached hydrogens (tertiary/aromatic N) is 1. The number of amides is 1. The molecule has 2 rings (SSSR count). The lowest BCUT2D eigenvalue weighted by Gasteiger charge is -2.20. The van der Waals surface area contributed by atoms with Gasteiger partial charge in [0.2, 0.25) is 5.01 Å². The Hall–Kier alpha value is -1.10. The monoisotopic (exact) mass is 228 g/mol. The molecule has 1 aromatic heterocycles. The summed E-state index contributed by atoms with van der Waals surface area (Å²) >= 11 is 3.06. The van der Waals surface area contributed by atoms with Gasteiger partial charge in [-0.3, -0.25) is 4.79 Å². The van der Waals surface area contributed by atoms with E-state index >= 15 is 0 Å². The van der Waals surface area contributed by atoms with Gasteiger partial charge in [0, 0.05) is 6.20 Å². The van der Waals surface area contributed by atoms with E-state index in [4.69, 9.17) is 4.74 Å². The summed E-state index contributed by atoms with van der Waals surface area (Å²) in [6.07, 6.45) is 1.59. The molecule has 1 amide bonds. The van der Waals surface area contributed by atoms with Crippen LogP contribution in [0.5, 0.6) is 5.75 Å². The average Bonchev–Trinajstić information content (AvgIpc) is 2.07. The van der Waals surface area contributed by atoms with E-state index in [9.17, 15) is 4.79 Å². The molecule has 0 saturated heterocycles. The number of aromatic nitrogens is 1. The highest BCUT2D eigenvalue weighted by molar-refractivity contribution is 9.09. The Balaban J connectivity index is 2.40. The number of carbonyl (C=O) groups is 1. The molecule has 0 radical (unpaired) electrons. The molecule has 1 aliphatic heterocycles. The van der Waals surface area contributed by atoms with E-state index in [1.165, 1.54) is 0 Å². The maximum atomic E-state index is 11.0. The second-order valence-electron chi connectivity index (χ2n) is 2.27. The van der Waals surface area contributed by atoms with E-state index in [1.54, 1.807) is 18.3 Å². The number of halogens is 1. The minimum absolute atomic E-state index is 0.235. The molecule has 1 atom stereocenters. The Labute approximate surface area is 77.1 Å². The SMILES string of the molecule is O=C1Nc2ncccc2OC1Br. The first-order valence-electron chi connectivity index (χ1n) is 3.34. The molecule has 5 heteroatoms. The summed E-state index contributed by atoms with van der Waals surface area (Å²) < 4.78 is 5.19. The molecule has 0 aromatic carbocycles. The normalized spacial score (nSPS) is 20.8. The van der Waals surface area contributed by atoms with Gasteiger partial charge in [-0.05, 0) is 28.1 Å². The number of carbonyl (C=O) groups excluding carboxylic acids is 1. The molecule has 0 aliphatic carbocycles. The fourth-order valence-electron chi connectivity index (χ4n) is 0.918.